The molecular formula is C79H147O24P. The highest BCUT2D eigenvalue weighted by atomic mass is 31.2. The molecule has 11 N–H and O–H groups in total. The van der Waals surface area contributed by atoms with Crippen LogP contribution in [0.4, 0.5) is 0 Å². The zero-order valence-corrected chi connectivity index (χ0v) is 65.2. The molecule has 1 saturated carbocycles. The number of rotatable bonds is 66. The minimum absolute atomic E-state index is 0.0332. The van der Waals surface area contributed by atoms with Crippen molar-refractivity contribution in [3.8, 4) is 0 Å². The molecule has 0 aromatic rings. The van der Waals surface area contributed by atoms with Gasteiger partial charge in [-0.05, 0) is 44.9 Å². The Morgan fingerprint density at radius 1 is 0.365 bits per heavy atom. The summed E-state index contributed by atoms with van der Waals surface area (Å²) in [6.45, 7) is 3.50. The number of carbonyl (C=O) groups is 3. The summed E-state index contributed by atoms with van der Waals surface area (Å²) in [6.07, 6.45) is 22.3. The van der Waals surface area contributed by atoms with Crippen molar-refractivity contribution in [2.45, 2.75) is 446 Å². The number of phosphoric acid groups is 1. The van der Waals surface area contributed by atoms with Crippen molar-refractivity contribution in [2.75, 3.05) is 26.4 Å². The van der Waals surface area contributed by atoms with Crippen LogP contribution in [0.3, 0.4) is 0 Å². The predicted molar refractivity (Wildman–Crippen MR) is 398 cm³/mol. The Hall–Kier alpha value is -2.30. The first-order valence-corrected chi connectivity index (χ1v) is 43.0. The molecule has 24 nitrogen and oxygen atoms in total. The van der Waals surface area contributed by atoms with Crippen molar-refractivity contribution in [1.82, 2.24) is 0 Å². The first-order valence-electron chi connectivity index (χ1n) is 41.5. The number of hydrogen-bond acceptors (Lipinski definition) is 23. The predicted octanol–water partition coefficient (Wildman–Crippen LogP) is 13.1. The first kappa shape index (κ1) is 95.9. The Morgan fingerprint density at radius 2 is 0.673 bits per heavy atom. The Bertz CT molecular complexity index is 2180. The summed E-state index contributed by atoms with van der Waals surface area (Å²) in [5.74, 6) is -1.98. The molecule has 25 heteroatoms. The molecule has 3 aliphatic rings. The smallest absolute Gasteiger partial charge is 0.463 e. The van der Waals surface area contributed by atoms with Crippen molar-refractivity contribution >= 4 is 25.7 Å². The van der Waals surface area contributed by atoms with Gasteiger partial charge < -0.3 is 89.1 Å². The molecule has 3 fully saturated rings. The third kappa shape index (κ3) is 42.2. The SMILES string of the molecule is CCCCCC/C=C\CCCCCCCCCC(=O)OCC(COP(=O)(O)OC1C(OC2OC(CO)C(O)C(O)C2O)C(O)C(O)C(O)C1OC1OC(COC(=O)CCCCCCCCCCCCCCCCCCC)C(O)C(O)C1O)OC(=O)CCCCCCCCCCCCCCCCCCC. The average Bonchev–Trinajstić information content (AvgIpc) is 0.759. The molecule has 612 valence electrons. The Kier molecular flexibility index (Phi) is 55.7. The topological polar surface area (TPSA) is 374 Å². The van der Waals surface area contributed by atoms with Crippen LogP contribution in [0, 0.1) is 0 Å². The van der Waals surface area contributed by atoms with Crippen LogP contribution in [0.1, 0.15) is 342 Å². The molecule has 3 rings (SSSR count). The quantitative estimate of drug-likeness (QED) is 0.00886. The van der Waals surface area contributed by atoms with Crippen LogP contribution in [-0.2, 0) is 61.2 Å². The van der Waals surface area contributed by atoms with E-state index >= 15 is 0 Å². The second kappa shape index (κ2) is 60.4. The molecule has 2 heterocycles. The van der Waals surface area contributed by atoms with E-state index in [1.165, 1.54) is 167 Å². The van der Waals surface area contributed by atoms with Crippen molar-refractivity contribution in [1.29, 1.82) is 0 Å². The van der Waals surface area contributed by atoms with Crippen molar-refractivity contribution in [3.05, 3.63) is 12.2 Å². The van der Waals surface area contributed by atoms with E-state index in [-0.39, 0.29) is 19.3 Å². The molecule has 0 spiro atoms. The van der Waals surface area contributed by atoms with Crippen LogP contribution in [0.5, 0.6) is 0 Å². The Labute approximate surface area is 624 Å². The van der Waals surface area contributed by atoms with Gasteiger partial charge in [0, 0.05) is 19.3 Å². The second-order valence-electron chi connectivity index (χ2n) is 29.8. The second-order valence-corrected chi connectivity index (χ2v) is 31.3. The molecule has 104 heavy (non-hydrogen) atoms. The lowest BCUT2D eigenvalue weighted by atomic mass is 9.84. The number of phosphoric ester groups is 1. The fourth-order valence-corrected chi connectivity index (χ4v) is 14.8. The molecule has 18 unspecified atom stereocenters. The number of esters is 3. The van der Waals surface area contributed by atoms with E-state index < -0.39 is 156 Å². The minimum atomic E-state index is -5.70. The maximum absolute atomic E-state index is 14.4. The first-order chi connectivity index (χ1) is 50.3. The van der Waals surface area contributed by atoms with Gasteiger partial charge in [-0.1, -0.05) is 290 Å². The fourth-order valence-electron chi connectivity index (χ4n) is 13.8. The number of carbonyl (C=O) groups excluding carboxylic acids is 3. The maximum atomic E-state index is 14.4. The lowest BCUT2D eigenvalue weighted by molar-refractivity contribution is -0.360. The lowest BCUT2D eigenvalue weighted by Crippen LogP contribution is -2.69. The fraction of sp³-hybridized carbons (Fsp3) is 0.937. The van der Waals surface area contributed by atoms with Crippen LogP contribution in [0.2, 0.25) is 0 Å². The van der Waals surface area contributed by atoms with E-state index in [9.17, 15) is 74.9 Å². The zero-order valence-electron chi connectivity index (χ0n) is 64.3. The summed E-state index contributed by atoms with van der Waals surface area (Å²) in [5.41, 5.74) is 0. The normalized spacial score (nSPS) is 26.8. The van der Waals surface area contributed by atoms with Crippen molar-refractivity contribution in [3.63, 3.8) is 0 Å². The van der Waals surface area contributed by atoms with Crippen molar-refractivity contribution < 1.29 is 117 Å². The van der Waals surface area contributed by atoms with Crippen LogP contribution in [0.25, 0.3) is 0 Å². The summed E-state index contributed by atoms with van der Waals surface area (Å²) in [7, 11) is -5.70. The average molecular weight is 1510 g/mol. The molecular weight excluding hydrogens is 1360 g/mol. The van der Waals surface area contributed by atoms with Gasteiger partial charge >= 0.3 is 25.7 Å². The van der Waals surface area contributed by atoms with E-state index in [0.29, 0.717) is 19.3 Å². The van der Waals surface area contributed by atoms with Crippen molar-refractivity contribution in [2.24, 2.45) is 0 Å². The standard InChI is InChI=1S/C79H147O24P/c1-4-7-10-13-16-19-22-25-28-30-33-36-39-42-45-48-51-54-64(82)96-59-62-67(85)69(87)74(92)79(100-62)102-76-72(90)70(88)71(89)75(101-78-73(91)68(86)66(84)61(56-80)99-78)77(76)103-104(93,94)97-58-60(57-95-63(81)53-50-47-44-41-38-35-32-27-24-21-18-15-12-9-6-3)98-65(83)55-52-49-46-43-40-37-34-31-29-26-23-20-17-14-11-8-5-2/h21,24,60-62,66-80,84-92H,4-20,22-23,25-59H2,1-3H3,(H,93,94)/b24-21-. The van der Waals surface area contributed by atoms with Crippen LogP contribution in [0.15, 0.2) is 12.2 Å². The summed E-state index contributed by atoms with van der Waals surface area (Å²) >= 11 is 0. The van der Waals surface area contributed by atoms with Gasteiger partial charge in [-0.2, -0.15) is 0 Å². The zero-order chi connectivity index (χ0) is 76.0. The molecule has 2 saturated heterocycles. The van der Waals surface area contributed by atoms with E-state index in [1.807, 2.05) is 0 Å². The van der Waals surface area contributed by atoms with E-state index in [1.54, 1.807) is 0 Å². The number of ether oxygens (including phenoxy) is 7. The van der Waals surface area contributed by atoms with Crippen LogP contribution >= 0.6 is 7.82 Å². The van der Waals surface area contributed by atoms with Gasteiger partial charge in [-0.3, -0.25) is 23.4 Å². The lowest BCUT2D eigenvalue weighted by Gasteiger charge is -2.49. The van der Waals surface area contributed by atoms with E-state index in [0.717, 1.165) is 116 Å². The Morgan fingerprint density at radius 3 is 1.05 bits per heavy atom. The maximum Gasteiger partial charge on any atom is 0.472 e. The molecule has 18 atom stereocenters. The summed E-state index contributed by atoms with van der Waals surface area (Å²) in [4.78, 5) is 51.2. The van der Waals surface area contributed by atoms with Gasteiger partial charge in [0.15, 0.2) is 18.7 Å². The van der Waals surface area contributed by atoms with Gasteiger partial charge in [0.25, 0.3) is 0 Å². The largest absolute Gasteiger partial charge is 0.472 e. The monoisotopic (exact) mass is 1510 g/mol. The summed E-state index contributed by atoms with van der Waals surface area (Å²) < 4.78 is 65.3. The Balaban J connectivity index is 1.69. The molecule has 2 aliphatic heterocycles. The number of aliphatic hydroxyl groups excluding tert-OH is 10. The summed E-state index contributed by atoms with van der Waals surface area (Å²) in [5, 5.41) is 110. The van der Waals surface area contributed by atoms with E-state index in [4.69, 9.17) is 42.2 Å². The van der Waals surface area contributed by atoms with Gasteiger partial charge in [0.1, 0.15) is 98.7 Å². The molecule has 0 aromatic heterocycles. The van der Waals surface area contributed by atoms with Gasteiger partial charge in [-0.15, -0.1) is 0 Å². The highest BCUT2D eigenvalue weighted by Crippen LogP contribution is 2.49. The van der Waals surface area contributed by atoms with E-state index in [2.05, 4.69) is 32.9 Å². The third-order valence-corrected chi connectivity index (χ3v) is 21.5. The number of hydrogen-bond donors (Lipinski definition) is 11. The van der Waals surface area contributed by atoms with Crippen LogP contribution in [-0.4, -0.2) is 204 Å². The highest BCUT2D eigenvalue weighted by Gasteiger charge is 2.58. The highest BCUT2D eigenvalue weighted by molar-refractivity contribution is 7.47. The molecule has 0 aromatic carbocycles. The molecule has 0 amide bonds. The number of unbranched alkanes of at least 4 members (excludes halogenated alkanes) is 43. The van der Waals surface area contributed by atoms with Gasteiger partial charge in [-0.25, -0.2) is 4.57 Å². The summed E-state index contributed by atoms with van der Waals surface area (Å²) in [6, 6.07) is 0. The molecule has 0 radical (unpaired) electrons. The number of allylic oxidation sites excluding steroid dienone is 2. The molecule has 1 aliphatic carbocycles. The van der Waals surface area contributed by atoms with Gasteiger partial charge in [0.2, 0.25) is 0 Å². The van der Waals surface area contributed by atoms with Crippen LogP contribution < -0.4 is 0 Å². The van der Waals surface area contributed by atoms with Gasteiger partial charge in [0.05, 0.1) is 13.2 Å². The number of aliphatic hydroxyl groups is 10. The third-order valence-electron chi connectivity index (χ3n) is 20.5. The molecule has 0 bridgehead atoms. The minimum Gasteiger partial charge on any atom is -0.463 e.